The lowest BCUT2D eigenvalue weighted by atomic mass is 9.97. The highest BCUT2D eigenvalue weighted by molar-refractivity contribution is 5.92. The number of carbonyl (C=O) groups excluding carboxylic acids is 3. The third-order valence-corrected chi connectivity index (χ3v) is 6.40. The van der Waals surface area contributed by atoms with Crippen LogP contribution in [0.5, 0.6) is 0 Å². The van der Waals surface area contributed by atoms with Crippen LogP contribution in [0.15, 0.2) is 61.2 Å². The molecule has 39 heavy (non-hydrogen) atoms. The van der Waals surface area contributed by atoms with E-state index in [-0.39, 0.29) is 24.9 Å². The predicted molar refractivity (Wildman–Crippen MR) is 156 cm³/mol. The van der Waals surface area contributed by atoms with E-state index in [2.05, 4.69) is 24.1 Å². The molecule has 0 saturated heterocycles. The van der Waals surface area contributed by atoms with Crippen LogP contribution in [0.1, 0.15) is 75.8 Å². The second-order valence-electron chi connectivity index (χ2n) is 11.1. The van der Waals surface area contributed by atoms with E-state index in [1.54, 1.807) is 26.8 Å². The van der Waals surface area contributed by atoms with Crippen molar-refractivity contribution >= 4 is 17.9 Å². The Balaban J connectivity index is 2.55. The summed E-state index contributed by atoms with van der Waals surface area (Å²) in [5.74, 6) is -0.670. The Kier molecular flexibility index (Phi) is 11.8. The number of ether oxygens (including phenoxy) is 1. The van der Waals surface area contributed by atoms with Gasteiger partial charge in [0.05, 0.1) is 0 Å². The highest BCUT2D eigenvalue weighted by Crippen LogP contribution is 2.26. The summed E-state index contributed by atoms with van der Waals surface area (Å²) >= 11 is 0. The van der Waals surface area contributed by atoms with Crippen molar-refractivity contribution in [2.24, 2.45) is 0 Å². The fourth-order valence-electron chi connectivity index (χ4n) is 4.40. The Labute approximate surface area is 234 Å². The molecule has 0 spiro atoms. The van der Waals surface area contributed by atoms with Crippen LogP contribution in [0, 0.1) is 13.8 Å². The molecule has 0 heterocycles. The van der Waals surface area contributed by atoms with Gasteiger partial charge in [-0.05, 0) is 70.2 Å². The number of rotatable bonds is 12. The Morgan fingerprint density at radius 1 is 1.03 bits per heavy atom. The van der Waals surface area contributed by atoms with Crippen molar-refractivity contribution in [1.82, 2.24) is 15.5 Å². The molecule has 0 aliphatic heterocycles. The van der Waals surface area contributed by atoms with Gasteiger partial charge in [0.15, 0.2) is 0 Å². The fraction of sp³-hybridized carbons (Fsp3) is 0.469. The number of carbonyl (C=O) groups is 3. The molecule has 7 nitrogen and oxygen atoms in total. The van der Waals surface area contributed by atoms with E-state index in [0.29, 0.717) is 5.56 Å². The lowest BCUT2D eigenvalue weighted by Crippen LogP contribution is -2.54. The first kappa shape index (κ1) is 31.6. The maximum Gasteiger partial charge on any atom is 0.408 e. The van der Waals surface area contributed by atoms with Gasteiger partial charge in [0.1, 0.15) is 17.7 Å². The highest BCUT2D eigenvalue weighted by atomic mass is 16.6. The molecule has 0 saturated carbocycles. The summed E-state index contributed by atoms with van der Waals surface area (Å²) in [6, 6.07) is 13.3. The van der Waals surface area contributed by atoms with Gasteiger partial charge < -0.3 is 20.3 Å². The standard InChI is InChI=1S/C32H45N3O4/c1-9-14-24(5)33-29(36)28(26-18-17-22(3)23(4)20-26)35(19-10-2)30(37)27(21-25-15-12-11-13-16-25)34-31(38)39-32(6,7)8/h10-13,15-18,20,24,27-28H,2,9,14,19,21H2,1,3-8H3,(H,33,36)(H,34,38). The molecule has 2 rings (SSSR count). The van der Waals surface area contributed by atoms with Crippen LogP contribution in [0.2, 0.25) is 0 Å². The third kappa shape index (κ3) is 9.89. The van der Waals surface area contributed by atoms with Gasteiger partial charge in [0.25, 0.3) is 0 Å². The molecule has 0 fully saturated rings. The van der Waals surface area contributed by atoms with Crippen LogP contribution in [-0.2, 0) is 20.7 Å². The fourth-order valence-corrected chi connectivity index (χ4v) is 4.40. The van der Waals surface area contributed by atoms with Crippen LogP contribution >= 0.6 is 0 Å². The van der Waals surface area contributed by atoms with Crippen LogP contribution < -0.4 is 10.6 Å². The van der Waals surface area contributed by atoms with E-state index < -0.39 is 29.7 Å². The van der Waals surface area contributed by atoms with Gasteiger partial charge in [0, 0.05) is 19.0 Å². The molecule has 0 aliphatic carbocycles. The normalized spacial score (nSPS) is 13.5. The van der Waals surface area contributed by atoms with E-state index in [9.17, 15) is 14.4 Å². The van der Waals surface area contributed by atoms with E-state index in [0.717, 1.165) is 29.5 Å². The van der Waals surface area contributed by atoms with Crippen molar-refractivity contribution in [2.45, 2.75) is 91.5 Å². The van der Waals surface area contributed by atoms with E-state index in [1.807, 2.05) is 69.3 Å². The zero-order valence-corrected chi connectivity index (χ0v) is 24.5. The molecule has 212 valence electrons. The van der Waals surface area contributed by atoms with Gasteiger partial charge in [-0.25, -0.2) is 4.79 Å². The topological polar surface area (TPSA) is 87.7 Å². The van der Waals surface area contributed by atoms with Gasteiger partial charge >= 0.3 is 6.09 Å². The minimum absolute atomic E-state index is 0.0581. The molecule has 7 heteroatoms. The number of aryl methyl sites for hydroxylation is 2. The summed E-state index contributed by atoms with van der Waals surface area (Å²) in [6.07, 6.45) is 2.88. The number of alkyl carbamates (subject to hydrolysis) is 1. The lowest BCUT2D eigenvalue weighted by molar-refractivity contribution is -0.142. The minimum atomic E-state index is -0.961. The first-order valence-corrected chi connectivity index (χ1v) is 13.7. The number of benzene rings is 2. The first-order valence-electron chi connectivity index (χ1n) is 13.7. The number of amides is 3. The molecule has 2 aromatic carbocycles. The summed E-state index contributed by atoms with van der Waals surface area (Å²) < 4.78 is 5.48. The minimum Gasteiger partial charge on any atom is -0.444 e. The molecule has 3 amide bonds. The number of nitrogens with one attached hydrogen (secondary N) is 2. The summed E-state index contributed by atoms with van der Waals surface area (Å²) in [6.45, 7) is 17.3. The quantitative estimate of drug-likeness (QED) is 0.336. The molecule has 0 aliphatic rings. The maximum atomic E-state index is 14.2. The molecule has 0 radical (unpaired) electrons. The summed E-state index contributed by atoms with van der Waals surface area (Å²) in [5.41, 5.74) is 2.94. The summed E-state index contributed by atoms with van der Waals surface area (Å²) in [7, 11) is 0. The van der Waals surface area contributed by atoms with Crippen LogP contribution in [0.25, 0.3) is 0 Å². The third-order valence-electron chi connectivity index (χ3n) is 6.40. The maximum absolute atomic E-state index is 14.2. The number of hydrogen-bond donors (Lipinski definition) is 2. The van der Waals surface area contributed by atoms with Crippen molar-refractivity contribution < 1.29 is 19.1 Å². The number of hydrogen-bond acceptors (Lipinski definition) is 4. The van der Waals surface area contributed by atoms with E-state index in [1.165, 1.54) is 4.90 Å². The smallest absolute Gasteiger partial charge is 0.408 e. The van der Waals surface area contributed by atoms with Crippen molar-refractivity contribution in [2.75, 3.05) is 6.54 Å². The molecule has 0 bridgehead atoms. The van der Waals surface area contributed by atoms with Gasteiger partial charge in [-0.1, -0.05) is 68.0 Å². The summed E-state index contributed by atoms with van der Waals surface area (Å²) in [5, 5.41) is 5.86. The average molecular weight is 536 g/mol. The predicted octanol–water partition coefficient (Wildman–Crippen LogP) is 5.80. The number of nitrogens with zero attached hydrogens (tertiary/aromatic N) is 1. The van der Waals surface area contributed by atoms with Gasteiger partial charge in [-0.2, -0.15) is 0 Å². The molecular formula is C32H45N3O4. The van der Waals surface area contributed by atoms with E-state index >= 15 is 0 Å². The Bertz CT molecular complexity index is 1120. The Morgan fingerprint density at radius 3 is 2.26 bits per heavy atom. The Hall–Kier alpha value is -3.61. The molecule has 2 N–H and O–H groups in total. The summed E-state index contributed by atoms with van der Waals surface area (Å²) in [4.78, 5) is 42.3. The van der Waals surface area contributed by atoms with Crippen molar-refractivity contribution in [3.8, 4) is 0 Å². The van der Waals surface area contributed by atoms with Crippen molar-refractivity contribution in [3.63, 3.8) is 0 Å². The van der Waals surface area contributed by atoms with Crippen molar-refractivity contribution in [1.29, 1.82) is 0 Å². The molecule has 3 atom stereocenters. The van der Waals surface area contributed by atoms with Crippen LogP contribution in [-0.4, -0.2) is 47.0 Å². The van der Waals surface area contributed by atoms with Crippen molar-refractivity contribution in [3.05, 3.63) is 83.4 Å². The second-order valence-corrected chi connectivity index (χ2v) is 11.1. The van der Waals surface area contributed by atoms with Crippen LogP contribution in [0.3, 0.4) is 0 Å². The second kappa shape index (κ2) is 14.5. The molecule has 2 aromatic rings. The van der Waals surface area contributed by atoms with Gasteiger partial charge in [0.2, 0.25) is 11.8 Å². The first-order chi connectivity index (χ1) is 18.4. The molecule has 0 aromatic heterocycles. The molecular weight excluding hydrogens is 490 g/mol. The zero-order chi connectivity index (χ0) is 29.2. The lowest BCUT2D eigenvalue weighted by Gasteiger charge is -2.34. The van der Waals surface area contributed by atoms with Gasteiger partial charge in [-0.3, -0.25) is 9.59 Å². The van der Waals surface area contributed by atoms with Gasteiger partial charge in [-0.15, -0.1) is 6.58 Å². The van der Waals surface area contributed by atoms with Crippen LogP contribution in [0.4, 0.5) is 4.79 Å². The Morgan fingerprint density at radius 2 is 1.69 bits per heavy atom. The largest absolute Gasteiger partial charge is 0.444 e. The molecule has 3 unspecified atom stereocenters. The zero-order valence-electron chi connectivity index (χ0n) is 24.5. The average Bonchev–Trinajstić information content (AvgIpc) is 2.84. The monoisotopic (exact) mass is 535 g/mol. The van der Waals surface area contributed by atoms with E-state index in [4.69, 9.17) is 4.74 Å². The highest BCUT2D eigenvalue weighted by Gasteiger charge is 2.36. The SMILES string of the molecule is C=CCN(C(=O)C(Cc1ccccc1)NC(=O)OC(C)(C)C)C(C(=O)NC(C)CCC)c1ccc(C)c(C)c1.